The van der Waals surface area contributed by atoms with Crippen LogP contribution in [0, 0.1) is 5.82 Å². The largest absolute Gasteiger partial charge is 0.506 e. The standard InChI is InChI=1S/C12H9ClF4N2O2/c1-5-6(12(15,16)17)2-11(21)19(18-5)9-4-10(20)7(13)3-8(9)14/h2-4,11,20-21H,1H3. The van der Waals surface area contributed by atoms with Crippen LogP contribution in [-0.2, 0) is 0 Å². The predicted molar refractivity (Wildman–Crippen MR) is 68.8 cm³/mol. The van der Waals surface area contributed by atoms with Crippen LogP contribution in [-0.4, -0.2) is 28.3 Å². The molecule has 1 aliphatic heterocycles. The van der Waals surface area contributed by atoms with Crippen LogP contribution in [0.15, 0.2) is 28.9 Å². The number of allylic oxidation sites excluding steroid dienone is 1. The van der Waals surface area contributed by atoms with Gasteiger partial charge in [-0.25, -0.2) is 9.40 Å². The Bertz CT molecular complexity index is 643. The molecule has 0 amide bonds. The number of phenols is 1. The van der Waals surface area contributed by atoms with E-state index in [4.69, 9.17) is 11.6 Å². The third-order valence-electron chi connectivity index (χ3n) is 2.78. The number of aliphatic hydroxyl groups is 1. The van der Waals surface area contributed by atoms with E-state index in [1.807, 2.05) is 0 Å². The minimum Gasteiger partial charge on any atom is -0.506 e. The van der Waals surface area contributed by atoms with Crippen LogP contribution in [0.4, 0.5) is 23.2 Å². The number of aromatic hydroxyl groups is 1. The highest BCUT2D eigenvalue weighted by atomic mass is 35.5. The van der Waals surface area contributed by atoms with Crippen LogP contribution in [0.2, 0.25) is 5.02 Å². The molecule has 0 aromatic heterocycles. The van der Waals surface area contributed by atoms with E-state index in [1.54, 1.807) is 0 Å². The molecular formula is C12H9ClF4N2O2. The summed E-state index contributed by atoms with van der Waals surface area (Å²) in [6.07, 6.45) is -6.00. The van der Waals surface area contributed by atoms with Gasteiger partial charge in [-0.3, -0.25) is 0 Å². The van der Waals surface area contributed by atoms with E-state index < -0.39 is 40.9 Å². The lowest BCUT2D eigenvalue weighted by atomic mass is 10.1. The zero-order valence-corrected chi connectivity index (χ0v) is 11.2. The maximum atomic E-state index is 13.8. The van der Waals surface area contributed by atoms with Gasteiger partial charge in [0, 0.05) is 6.07 Å². The maximum Gasteiger partial charge on any atom is 0.418 e. The SMILES string of the molecule is CC1=NN(c2cc(O)c(Cl)cc2F)C(O)C=C1C(F)(F)F. The molecule has 1 atom stereocenters. The van der Waals surface area contributed by atoms with E-state index in [1.165, 1.54) is 0 Å². The Morgan fingerprint density at radius 1 is 1.33 bits per heavy atom. The van der Waals surface area contributed by atoms with Gasteiger partial charge >= 0.3 is 6.18 Å². The third kappa shape index (κ3) is 2.96. The van der Waals surface area contributed by atoms with E-state index in [-0.39, 0.29) is 5.02 Å². The lowest BCUT2D eigenvalue weighted by Crippen LogP contribution is -2.37. The summed E-state index contributed by atoms with van der Waals surface area (Å²) in [4.78, 5) is 0. The van der Waals surface area contributed by atoms with Crippen LogP contribution in [0.1, 0.15) is 6.92 Å². The molecule has 2 N–H and O–H groups in total. The van der Waals surface area contributed by atoms with Crippen molar-refractivity contribution in [1.29, 1.82) is 0 Å². The second-order valence-electron chi connectivity index (χ2n) is 4.28. The van der Waals surface area contributed by atoms with Crippen LogP contribution < -0.4 is 5.01 Å². The highest BCUT2D eigenvalue weighted by molar-refractivity contribution is 6.32. The van der Waals surface area contributed by atoms with Gasteiger partial charge in [-0.2, -0.15) is 18.3 Å². The summed E-state index contributed by atoms with van der Waals surface area (Å²) in [5.74, 6) is -1.43. The minimum atomic E-state index is -4.68. The Kier molecular flexibility index (Phi) is 3.85. The van der Waals surface area contributed by atoms with Crippen molar-refractivity contribution in [3.8, 4) is 5.75 Å². The quantitative estimate of drug-likeness (QED) is 0.780. The highest BCUT2D eigenvalue weighted by Crippen LogP contribution is 2.36. The van der Waals surface area contributed by atoms with E-state index in [9.17, 15) is 27.8 Å². The van der Waals surface area contributed by atoms with E-state index in [0.717, 1.165) is 19.1 Å². The predicted octanol–water partition coefficient (Wildman–Crippen LogP) is 3.19. The number of aliphatic hydroxyl groups excluding tert-OH is 1. The zero-order chi connectivity index (χ0) is 15.9. The number of hydrogen-bond donors (Lipinski definition) is 2. The number of nitrogens with zero attached hydrogens (tertiary/aromatic N) is 2. The average Bonchev–Trinajstić information content (AvgIpc) is 2.35. The number of hydrogen-bond acceptors (Lipinski definition) is 4. The summed E-state index contributed by atoms with van der Waals surface area (Å²) in [7, 11) is 0. The van der Waals surface area contributed by atoms with Gasteiger partial charge in [0.1, 0.15) is 17.3 Å². The van der Waals surface area contributed by atoms with Gasteiger partial charge in [0.2, 0.25) is 0 Å². The Morgan fingerprint density at radius 3 is 2.52 bits per heavy atom. The number of alkyl halides is 3. The van der Waals surface area contributed by atoms with Gasteiger partial charge in [0.05, 0.1) is 16.3 Å². The fourth-order valence-corrected chi connectivity index (χ4v) is 1.96. The number of benzene rings is 1. The van der Waals surface area contributed by atoms with E-state index in [2.05, 4.69) is 5.10 Å². The van der Waals surface area contributed by atoms with Crippen molar-refractivity contribution in [3.63, 3.8) is 0 Å². The first-order valence-electron chi connectivity index (χ1n) is 5.61. The van der Waals surface area contributed by atoms with E-state index in [0.29, 0.717) is 11.1 Å². The van der Waals surface area contributed by atoms with Gasteiger partial charge in [0.25, 0.3) is 0 Å². The fraction of sp³-hybridized carbons (Fsp3) is 0.250. The molecule has 0 saturated carbocycles. The van der Waals surface area contributed by atoms with Crippen LogP contribution in [0.3, 0.4) is 0 Å². The molecule has 1 unspecified atom stereocenters. The molecule has 2 rings (SSSR count). The number of hydrazone groups is 1. The Morgan fingerprint density at radius 2 is 1.95 bits per heavy atom. The number of phenolic OH excluding ortho intramolecular Hbond substituents is 1. The molecule has 21 heavy (non-hydrogen) atoms. The van der Waals surface area contributed by atoms with Crippen molar-refractivity contribution in [2.24, 2.45) is 5.10 Å². The third-order valence-corrected chi connectivity index (χ3v) is 3.09. The van der Waals surface area contributed by atoms with Crippen molar-refractivity contribution >= 4 is 23.0 Å². The number of anilines is 1. The van der Waals surface area contributed by atoms with Gasteiger partial charge < -0.3 is 10.2 Å². The first-order valence-corrected chi connectivity index (χ1v) is 5.99. The summed E-state index contributed by atoms with van der Waals surface area (Å²) < 4.78 is 51.8. The molecule has 0 fully saturated rings. The maximum absolute atomic E-state index is 13.8. The molecule has 0 radical (unpaired) electrons. The van der Waals surface area contributed by atoms with Crippen molar-refractivity contribution in [2.75, 3.05) is 5.01 Å². The van der Waals surface area contributed by atoms with Gasteiger partial charge in [-0.05, 0) is 19.1 Å². The first kappa shape index (κ1) is 15.6. The second-order valence-corrected chi connectivity index (χ2v) is 4.68. The number of rotatable bonds is 1. The average molecular weight is 325 g/mol. The Hall–Kier alpha value is -1.80. The molecule has 1 aromatic rings. The van der Waals surface area contributed by atoms with Crippen LogP contribution in [0.5, 0.6) is 5.75 Å². The molecule has 1 aromatic carbocycles. The molecule has 0 aliphatic carbocycles. The molecule has 1 aliphatic rings. The summed E-state index contributed by atoms with van der Waals surface area (Å²) in [5.41, 5.74) is -1.95. The second kappa shape index (κ2) is 5.19. The number of halogens is 5. The molecule has 0 bridgehead atoms. The van der Waals surface area contributed by atoms with Gasteiger partial charge in [-0.15, -0.1) is 0 Å². The molecule has 0 saturated heterocycles. The van der Waals surface area contributed by atoms with Crippen LogP contribution in [0.25, 0.3) is 0 Å². The summed E-state index contributed by atoms with van der Waals surface area (Å²) in [6.45, 7) is 1.08. The fourth-order valence-electron chi connectivity index (χ4n) is 1.81. The lowest BCUT2D eigenvalue weighted by molar-refractivity contribution is -0.0873. The molecular weight excluding hydrogens is 316 g/mol. The van der Waals surface area contributed by atoms with Crippen molar-refractivity contribution < 1.29 is 27.8 Å². The highest BCUT2D eigenvalue weighted by Gasteiger charge is 2.39. The normalized spacial score (nSPS) is 19.4. The molecule has 0 spiro atoms. The van der Waals surface area contributed by atoms with Crippen molar-refractivity contribution in [1.82, 2.24) is 0 Å². The van der Waals surface area contributed by atoms with Gasteiger partial charge in [-0.1, -0.05) is 11.6 Å². The summed E-state index contributed by atoms with van der Waals surface area (Å²) in [6, 6.07) is 1.64. The van der Waals surface area contributed by atoms with E-state index >= 15 is 0 Å². The Labute approximate surface area is 121 Å². The topological polar surface area (TPSA) is 56.1 Å². The van der Waals surface area contributed by atoms with Crippen molar-refractivity contribution in [2.45, 2.75) is 19.3 Å². The monoisotopic (exact) mass is 324 g/mol. The summed E-state index contributed by atoms with van der Waals surface area (Å²) >= 11 is 5.51. The first-order chi connectivity index (χ1) is 9.61. The smallest absolute Gasteiger partial charge is 0.418 e. The molecule has 9 heteroatoms. The lowest BCUT2D eigenvalue weighted by Gasteiger charge is -2.29. The molecule has 114 valence electrons. The summed E-state index contributed by atoms with van der Waals surface area (Å²) in [5, 5.41) is 23.0. The molecule has 4 nitrogen and oxygen atoms in total. The molecule has 1 heterocycles. The van der Waals surface area contributed by atoms with Crippen molar-refractivity contribution in [3.05, 3.63) is 34.6 Å². The van der Waals surface area contributed by atoms with Gasteiger partial charge in [0.15, 0.2) is 6.23 Å². The zero-order valence-electron chi connectivity index (χ0n) is 10.5. The van der Waals surface area contributed by atoms with Crippen LogP contribution >= 0.6 is 11.6 Å². The minimum absolute atomic E-state index is 0.269. The Balaban J connectivity index is 2.46.